The molecule has 1 heteroatoms. The summed E-state index contributed by atoms with van der Waals surface area (Å²) < 4.78 is 0. The standard InChI is InChI=1S/C22H32O/c1-4-5-9-14-22-15-19(23)20(16(2)3)21(22)18(22)13-12-17-10-7-6-8-11-17/h6-8,10-11,16,18,20-21H,4-5,9,12-15H2,1-3H3/t18-,20+,21+,22+/m1/s1. The number of hydrogen-bond donors (Lipinski definition) is 0. The van der Waals surface area contributed by atoms with Crippen molar-refractivity contribution < 1.29 is 4.79 Å². The van der Waals surface area contributed by atoms with Crippen LogP contribution in [0.15, 0.2) is 30.3 Å². The van der Waals surface area contributed by atoms with Crippen molar-refractivity contribution in [1.29, 1.82) is 0 Å². The molecule has 1 aromatic rings. The third kappa shape index (κ3) is 3.12. The summed E-state index contributed by atoms with van der Waals surface area (Å²) in [6.07, 6.45) is 8.53. The Bertz CT molecular complexity index is 532. The predicted octanol–water partition coefficient (Wildman–Crippen LogP) is 5.68. The quantitative estimate of drug-likeness (QED) is 0.565. The average Bonchev–Trinajstić information content (AvgIpc) is 2.99. The molecule has 0 aliphatic heterocycles. The predicted molar refractivity (Wildman–Crippen MR) is 96.3 cm³/mol. The molecule has 1 nitrogen and oxygen atoms in total. The molecule has 4 atom stereocenters. The maximum Gasteiger partial charge on any atom is 0.137 e. The van der Waals surface area contributed by atoms with Crippen LogP contribution in [0.3, 0.4) is 0 Å². The number of ketones is 1. The maximum atomic E-state index is 12.5. The summed E-state index contributed by atoms with van der Waals surface area (Å²) in [6.45, 7) is 6.76. The zero-order chi connectivity index (χ0) is 16.4. The molecule has 0 spiro atoms. The van der Waals surface area contributed by atoms with E-state index in [0.717, 1.165) is 12.3 Å². The number of aryl methyl sites for hydroxylation is 1. The van der Waals surface area contributed by atoms with E-state index in [0.29, 0.717) is 29.0 Å². The Morgan fingerprint density at radius 1 is 1.17 bits per heavy atom. The molecule has 0 heterocycles. The van der Waals surface area contributed by atoms with Crippen LogP contribution in [0.4, 0.5) is 0 Å². The van der Waals surface area contributed by atoms with Crippen molar-refractivity contribution >= 4 is 5.78 Å². The second-order valence-corrected chi connectivity index (χ2v) is 8.26. The Hall–Kier alpha value is -1.11. The van der Waals surface area contributed by atoms with Crippen molar-refractivity contribution in [2.75, 3.05) is 0 Å². The molecule has 23 heavy (non-hydrogen) atoms. The molecule has 0 unspecified atom stereocenters. The first-order chi connectivity index (χ1) is 11.1. The maximum absolute atomic E-state index is 12.5. The van der Waals surface area contributed by atoms with Crippen LogP contribution in [0.25, 0.3) is 0 Å². The van der Waals surface area contributed by atoms with Crippen molar-refractivity contribution in [2.24, 2.45) is 29.1 Å². The first kappa shape index (κ1) is 16.7. The SMILES string of the molecule is CCCCC[C@@]12CC(=O)[C@H](C(C)C)[C@@H]1[C@H]2CCc1ccccc1. The lowest BCUT2D eigenvalue weighted by Gasteiger charge is -2.18. The van der Waals surface area contributed by atoms with Crippen molar-refractivity contribution in [1.82, 2.24) is 0 Å². The van der Waals surface area contributed by atoms with Gasteiger partial charge in [0.2, 0.25) is 0 Å². The van der Waals surface area contributed by atoms with Gasteiger partial charge >= 0.3 is 0 Å². The first-order valence-corrected chi connectivity index (χ1v) is 9.67. The van der Waals surface area contributed by atoms with E-state index in [2.05, 4.69) is 51.1 Å². The van der Waals surface area contributed by atoms with E-state index in [1.165, 1.54) is 44.1 Å². The number of hydrogen-bond acceptors (Lipinski definition) is 1. The summed E-state index contributed by atoms with van der Waals surface area (Å²) in [4.78, 5) is 12.5. The van der Waals surface area contributed by atoms with Crippen molar-refractivity contribution in [3.63, 3.8) is 0 Å². The third-order valence-corrected chi connectivity index (χ3v) is 6.54. The molecule has 126 valence electrons. The largest absolute Gasteiger partial charge is 0.299 e. The normalized spacial score (nSPS) is 32.3. The monoisotopic (exact) mass is 312 g/mol. The van der Waals surface area contributed by atoms with Gasteiger partial charge in [0.1, 0.15) is 5.78 Å². The molecule has 2 aliphatic carbocycles. The minimum absolute atomic E-state index is 0.345. The Morgan fingerprint density at radius 2 is 1.91 bits per heavy atom. The van der Waals surface area contributed by atoms with E-state index in [1.807, 2.05) is 0 Å². The van der Waals surface area contributed by atoms with Crippen LogP contribution in [0.5, 0.6) is 0 Å². The average molecular weight is 312 g/mol. The van der Waals surface area contributed by atoms with Crippen molar-refractivity contribution in [3.8, 4) is 0 Å². The van der Waals surface area contributed by atoms with Crippen LogP contribution in [0, 0.1) is 29.1 Å². The Kier molecular flexibility index (Phi) is 4.94. The lowest BCUT2D eigenvalue weighted by Crippen LogP contribution is -2.20. The smallest absolute Gasteiger partial charge is 0.137 e. The number of carbonyl (C=O) groups is 1. The fourth-order valence-electron chi connectivity index (χ4n) is 5.48. The molecule has 0 bridgehead atoms. The highest BCUT2D eigenvalue weighted by Gasteiger charge is 2.71. The van der Waals surface area contributed by atoms with Gasteiger partial charge in [-0.2, -0.15) is 0 Å². The van der Waals surface area contributed by atoms with Crippen LogP contribution in [-0.2, 0) is 11.2 Å². The van der Waals surface area contributed by atoms with E-state index in [9.17, 15) is 4.79 Å². The van der Waals surface area contributed by atoms with E-state index >= 15 is 0 Å². The molecule has 0 aromatic heterocycles. The van der Waals surface area contributed by atoms with Crippen molar-refractivity contribution in [3.05, 3.63) is 35.9 Å². The van der Waals surface area contributed by atoms with E-state index in [1.54, 1.807) is 0 Å². The number of unbranched alkanes of at least 4 members (excludes halogenated alkanes) is 2. The van der Waals surface area contributed by atoms with E-state index < -0.39 is 0 Å². The fourth-order valence-corrected chi connectivity index (χ4v) is 5.48. The summed E-state index contributed by atoms with van der Waals surface area (Å²) in [6, 6.07) is 10.9. The molecule has 1 aromatic carbocycles. The topological polar surface area (TPSA) is 17.1 Å². The Labute approximate surface area is 141 Å². The zero-order valence-electron chi connectivity index (χ0n) is 15.1. The zero-order valence-corrected chi connectivity index (χ0v) is 15.1. The van der Waals surface area contributed by atoms with Crippen molar-refractivity contribution in [2.45, 2.75) is 65.7 Å². The molecule has 3 rings (SSSR count). The first-order valence-electron chi connectivity index (χ1n) is 9.67. The second-order valence-electron chi connectivity index (χ2n) is 8.26. The summed E-state index contributed by atoms with van der Waals surface area (Å²) in [5, 5.41) is 0. The molecule has 0 radical (unpaired) electrons. The molecule has 0 saturated heterocycles. The van der Waals surface area contributed by atoms with Crippen LogP contribution in [0.1, 0.15) is 64.9 Å². The third-order valence-electron chi connectivity index (χ3n) is 6.54. The number of carbonyl (C=O) groups excluding carboxylic acids is 1. The Morgan fingerprint density at radius 3 is 2.57 bits per heavy atom. The molecular formula is C22H32O. The number of Topliss-reactive ketones (excluding diaryl/α,β-unsaturated/α-hetero) is 1. The van der Waals surface area contributed by atoms with Gasteiger partial charge < -0.3 is 0 Å². The highest BCUT2D eigenvalue weighted by atomic mass is 16.1. The molecular weight excluding hydrogens is 280 g/mol. The van der Waals surface area contributed by atoms with Gasteiger partial charge in [-0.05, 0) is 48.0 Å². The highest BCUT2D eigenvalue weighted by molar-refractivity contribution is 5.87. The van der Waals surface area contributed by atoms with Gasteiger partial charge in [-0.25, -0.2) is 0 Å². The molecule has 2 aliphatic rings. The lowest BCUT2D eigenvalue weighted by atomic mass is 9.86. The van der Waals surface area contributed by atoms with Crippen LogP contribution < -0.4 is 0 Å². The van der Waals surface area contributed by atoms with E-state index in [4.69, 9.17) is 0 Å². The lowest BCUT2D eigenvalue weighted by molar-refractivity contribution is -0.123. The molecule has 0 N–H and O–H groups in total. The van der Waals surface area contributed by atoms with Crippen LogP contribution in [0.2, 0.25) is 0 Å². The number of rotatable bonds is 8. The van der Waals surface area contributed by atoms with Gasteiger partial charge in [-0.1, -0.05) is 70.4 Å². The molecule has 2 saturated carbocycles. The summed E-state index contributed by atoms with van der Waals surface area (Å²) in [7, 11) is 0. The fraction of sp³-hybridized carbons (Fsp3) is 0.682. The Balaban J connectivity index is 1.68. The summed E-state index contributed by atoms with van der Waals surface area (Å²) in [5.41, 5.74) is 1.84. The number of benzene rings is 1. The highest BCUT2D eigenvalue weighted by Crippen LogP contribution is 2.74. The second kappa shape index (κ2) is 6.79. The molecule has 2 fully saturated rings. The van der Waals surface area contributed by atoms with Gasteiger partial charge in [0.05, 0.1) is 0 Å². The van der Waals surface area contributed by atoms with E-state index in [-0.39, 0.29) is 0 Å². The summed E-state index contributed by atoms with van der Waals surface area (Å²) in [5.74, 6) is 2.91. The number of fused-ring (bicyclic) bond motifs is 1. The summed E-state index contributed by atoms with van der Waals surface area (Å²) >= 11 is 0. The minimum Gasteiger partial charge on any atom is -0.299 e. The van der Waals surface area contributed by atoms with Gasteiger partial charge in [-0.3, -0.25) is 4.79 Å². The van der Waals surface area contributed by atoms with Gasteiger partial charge in [0.25, 0.3) is 0 Å². The van der Waals surface area contributed by atoms with Gasteiger partial charge in [0.15, 0.2) is 0 Å². The van der Waals surface area contributed by atoms with Crippen LogP contribution in [-0.4, -0.2) is 5.78 Å². The van der Waals surface area contributed by atoms with Gasteiger partial charge in [-0.15, -0.1) is 0 Å². The molecule has 0 amide bonds. The minimum atomic E-state index is 0.345. The van der Waals surface area contributed by atoms with Crippen LogP contribution >= 0.6 is 0 Å². The van der Waals surface area contributed by atoms with Gasteiger partial charge in [0, 0.05) is 12.3 Å².